The highest BCUT2D eigenvalue weighted by Gasteiger charge is 2.19. The zero-order valence-electron chi connectivity index (χ0n) is 11.9. The van der Waals surface area contributed by atoms with Crippen LogP contribution in [0.1, 0.15) is 28.4 Å². The van der Waals surface area contributed by atoms with Crippen molar-refractivity contribution in [1.82, 2.24) is 4.98 Å². The van der Waals surface area contributed by atoms with Gasteiger partial charge in [0.2, 0.25) is 0 Å². The summed E-state index contributed by atoms with van der Waals surface area (Å²) >= 11 is 7.10. The van der Waals surface area contributed by atoms with Crippen molar-refractivity contribution in [3.63, 3.8) is 0 Å². The highest BCUT2D eigenvalue weighted by atomic mass is 35.5. The monoisotopic (exact) mass is 336 g/mol. The van der Waals surface area contributed by atoms with Gasteiger partial charge in [-0.2, -0.15) is 0 Å². The summed E-state index contributed by atoms with van der Waals surface area (Å²) < 4.78 is 10.5. The van der Waals surface area contributed by atoms with Crippen LogP contribution in [-0.2, 0) is 4.74 Å². The van der Waals surface area contributed by atoms with Crippen LogP contribution in [0.5, 0.6) is 0 Å². The molecule has 1 N–H and O–H groups in total. The van der Waals surface area contributed by atoms with E-state index in [9.17, 15) is 4.79 Å². The van der Waals surface area contributed by atoms with E-state index in [2.05, 4.69) is 15.0 Å². The molecule has 0 radical (unpaired) electrons. The molecule has 0 saturated carbocycles. The summed E-state index contributed by atoms with van der Waals surface area (Å²) in [5, 5.41) is 4.90. The van der Waals surface area contributed by atoms with Gasteiger partial charge in [-0.3, -0.25) is 0 Å². The molecule has 0 aliphatic rings. The van der Waals surface area contributed by atoms with Gasteiger partial charge in [-0.05, 0) is 19.1 Å². The standard InChI is InChI=1S/C15H13ClN2O3S/c1-8(11-7-9-5-3-4-6-10(9)21-11)17-15-18-13(16)12(22-15)14(19)20-2/h3-8H,1-2H3,(H,17,18)/t8-/m1/s1. The average Bonchev–Trinajstić information content (AvgIpc) is 3.09. The first-order valence-electron chi connectivity index (χ1n) is 6.58. The number of anilines is 1. The van der Waals surface area contributed by atoms with E-state index in [0.29, 0.717) is 5.13 Å². The van der Waals surface area contributed by atoms with Crippen LogP contribution in [0.25, 0.3) is 11.0 Å². The second kappa shape index (κ2) is 5.98. The quantitative estimate of drug-likeness (QED) is 0.710. The molecular formula is C15H13ClN2O3S. The molecule has 2 heterocycles. The van der Waals surface area contributed by atoms with Crippen molar-refractivity contribution < 1.29 is 13.9 Å². The van der Waals surface area contributed by atoms with E-state index in [4.69, 9.17) is 16.0 Å². The summed E-state index contributed by atoms with van der Waals surface area (Å²) in [6.45, 7) is 1.95. The number of hydrogen-bond acceptors (Lipinski definition) is 6. The number of fused-ring (bicyclic) bond motifs is 1. The van der Waals surface area contributed by atoms with E-state index in [-0.39, 0.29) is 16.1 Å². The molecule has 0 aliphatic carbocycles. The first-order chi connectivity index (χ1) is 10.6. The zero-order chi connectivity index (χ0) is 15.7. The fraction of sp³-hybridized carbons (Fsp3) is 0.200. The highest BCUT2D eigenvalue weighted by Crippen LogP contribution is 2.31. The van der Waals surface area contributed by atoms with E-state index in [1.165, 1.54) is 7.11 Å². The van der Waals surface area contributed by atoms with Crippen LogP contribution in [-0.4, -0.2) is 18.1 Å². The fourth-order valence-corrected chi connectivity index (χ4v) is 3.24. The van der Waals surface area contributed by atoms with E-state index in [1.807, 2.05) is 37.3 Å². The molecule has 0 bridgehead atoms. The summed E-state index contributed by atoms with van der Waals surface area (Å²) in [7, 11) is 1.31. The summed E-state index contributed by atoms with van der Waals surface area (Å²) in [4.78, 5) is 15.9. The Morgan fingerprint density at radius 1 is 1.45 bits per heavy atom. The number of nitrogens with one attached hydrogen (secondary N) is 1. The van der Waals surface area contributed by atoms with Gasteiger partial charge in [0.05, 0.1) is 13.2 Å². The smallest absolute Gasteiger partial charge is 0.351 e. The molecule has 1 aromatic carbocycles. The number of carbonyl (C=O) groups is 1. The second-order valence-electron chi connectivity index (χ2n) is 4.68. The van der Waals surface area contributed by atoms with Crippen LogP contribution in [0.2, 0.25) is 5.15 Å². The van der Waals surface area contributed by atoms with Gasteiger partial charge in [-0.25, -0.2) is 9.78 Å². The summed E-state index contributed by atoms with van der Waals surface area (Å²) in [6.07, 6.45) is 0. The maximum atomic E-state index is 11.5. The van der Waals surface area contributed by atoms with Gasteiger partial charge in [-0.1, -0.05) is 41.1 Å². The molecule has 5 nitrogen and oxygen atoms in total. The van der Waals surface area contributed by atoms with Gasteiger partial charge in [0.25, 0.3) is 0 Å². The summed E-state index contributed by atoms with van der Waals surface area (Å²) in [6, 6.07) is 9.66. The number of furan rings is 1. The topological polar surface area (TPSA) is 64.4 Å². The van der Waals surface area contributed by atoms with Gasteiger partial charge in [0, 0.05) is 5.39 Å². The number of esters is 1. The molecule has 0 spiro atoms. The molecule has 114 valence electrons. The number of thiazole rings is 1. The molecule has 0 fully saturated rings. The summed E-state index contributed by atoms with van der Waals surface area (Å²) in [5.74, 6) is 0.291. The largest absolute Gasteiger partial charge is 0.465 e. The van der Waals surface area contributed by atoms with Crippen molar-refractivity contribution >= 4 is 45.0 Å². The van der Waals surface area contributed by atoms with E-state index >= 15 is 0 Å². The number of ether oxygens (including phenoxy) is 1. The van der Waals surface area contributed by atoms with Crippen molar-refractivity contribution in [3.8, 4) is 0 Å². The molecule has 0 saturated heterocycles. The van der Waals surface area contributed by atoms with Crippen LogP contribution in [0.3, 0.4) is 0 Å². The lowest BCUT2D eigenvalue weighted by molar-refractivity contribution is 0.0606. The highest BCUT2D eigenvalue weighted by molar-refractivity contribution is 7.18. The zero-order valence-corrected chi connectivity index (χ0v) is 13.5. The summed E-state index contributed by atoms with van der Waals surface area (Å²) in [5.41, 5.74) is 0.832. The van der Waals surface area contributed by atoms with E-state index in [0.717, 1.165) is 28.1 Å². The molecule has 3 aromatic rings. The van der Waals surface area contributed by atoms with Gasteiger partial charge in [0.1, 0.15) is 11.3 Å². The van der Waals surface area contributed by atoms with Crippen LogP contribution in [0.15, 0.2) is 34.7 Å². The van der Waals surface area contributed by atoms with Gasteiger partial charge in [0.15, 0.2) is 15.2 Å². The van der Waals surface area contributed by atoms with Crippen molar-refractivity contribution in [2.75, 3.05) is 12.4 Å². The van der Waals surface area contributed by atoms with Crippen molar-refractivity contribution in [2.45, 2.75) is 13.0 Å². The Morgan fingerprint density at radius 3 is 2.95 bits per heavy atom. The Balaban J connectivity index is 1.81. The number of nitrogens with zero attached hydrogens (tertiary/aromatic N) is 1. The first kappa shape index (κ1) is 14.9. The molecule has 22 heavy (non-hydrogen) atoms. The van der Waals surface area contributed by atoms with E-state index in [1.54, 1.807) is 0 Å². The van der Waals surface area contributed by atoms with E-state index < -0.39 is 5.97 Å². The Morgan fingerprint density at radius 2 is 2.23 bits per heavy atom. The third kappa shape index (κ3) is 2.80. The lowest BCUT2D eigenvalue weighted by atomic mass is 10.2. The minimum atomic E-state index is -0.494. The minimum Gasteiger partial charge on any atom is -0.465 e. The van der Waals surface area contributed by atoms with Crippen LogP contribution >= 0.6 is 22.9 Å². The number of rotatable bonds is 4. The predicted molar refractivity (Wildman–Crippen MR) is 86.7 cm³/mol. The lowest BCUT2D eigenvalue weighted by Gasteiger charge is -2.09. The Kier molecular flexibility index (Phi) is 4.04. The number of benzene rings is 1. The number of carbonyl (C=O) groups excluding carboxylic acids is 1. The van der Waals surface area contributed by atoms with Crippen molar-refractivity contribution in [3.05, 3.63) is 46.1 Å². The number of hydrogen-bond donors (Lipinski definition) is 1. The van der Waals surface area contributed by atoms with Crippen molar-refractivity contribution in [2.24, 2.45) is 0 Å². The Labute approximate surface area is 135 Å². The van der Waals surface area contributed by atoms with Gasteiger partial charge in [-0.15, -0.1) is 0 Å². The Bertz CT molecular complexity index is 794. The molecule has 7 heteroatoms. The molecule has 1 atom stereocenters. The molecule has 0 amide bonds. The molecule has 0 aliphatic heterocycles. The predicted octanol–water partition coefficient (Wildman–Crippen LogP) is 4.50. The maximum absolute atomic E-state index is 11.5. The average molecular weight is 337 g/mol. The van der Waals surface area contributed by atoms with Gasteiger partial charge >= 0.3 is 5.97 Å². The van der Waals surface area contributed by atoms with Crippen LogP contribution in [0, 0.1) is 0 Å². The lowest BCUT2D eigenvalue weighted by Crippen LogP contribution is -2.04. The molecular weight excluding hydrogens is 324 g/mol. The maximum Gasteiger partial charge on any atom is 0.351 e. The number of para-hydroxylation sites is 1. The molecule has 0 unspecified atom stereocenters. The molecule has 3 rings (SSSR count). The first-order valence-corrected chi connectivity index (χ1v) is 7.77. The Hall–Kier alpha value is -2.05. The minimum absolute atomic E-state index is 0.111. The fourth-order valence-electron chi connectivity index (χ4n) is 2.05. The van der Waals surface area contributed by atoms with Crippen molar-refractivity contribution in [1.29, 1.82) is 0 Å². The van der Waals surface area contributed by atoms with Crippen LogP contribution < -0.4 is 5.32 Å². The number of aromatic nitrogens is 1. The second-order valence-corrected chi connectivity index (χ2v) is 6.04. The van der Waals surface area contributed by atoms with Gasteiger partial charge < -0.3 is 14.5 Å². The van der Waals surface area contributed by atoms with Crippen LogP contribution in [0.4, 0.5) is 5.13 Å². The number of methoxy groups -OCH3 is 1. The molecule has 2 aromatic heterocycles. The SMILES string of the molecule is COC(=O)c1sc(N[C@H](C)c2cc3ccccc3o2)nc1Cl. The normalized spacial score (nSPS) is 12.3. The third-order valence-corrected chi connectivity index (χ3v) is 4.52. The number of halogens is 1. The third-order valence-electron chi connectivity index (χ3n) is 3.17.